The van der Waals surface area contributed by atoms with Gasteiger partial charge in [-0.2, -0.15) is 0 Å². The number of halogens is 1. The molecule has 2 radical (unpaired) electrons. The zero-order valence-electron chi connectivity index (χ0n) is 12.7. The Morgan fingerprint density at radius 1 is 1.50 bits per heavy atom. The SMILES string of the molecule is C=O.[B]c1cc2c(cc1F)C(=O)N(C(CCC)N(C)C=O)C2. The molecule has 1 aromatic rings. The Morgan fingerprint density at radius 3 is 2.68 bits per heavy atom. The third kappa shape index (κ3) is 3.35. The number of carbonyl (C=O) groups is 3. The van der Waals surface area contributed by atoms with Gasteiger partial charge in [0.25, 0.3) is 5.91 Å². The first-order chi connectivity index (χ1) is 10.5. The van der Waals surface area contributed by atoms with E-state index in [1.54, 1.807) is 11.9 Å². The fourth-order valence-corrected chi connectivity index (χ4v) is 2.53. The predicted molar refractivity (Wildman–Crippen MR) is 81.3 cm³/mol. The van der Waals surface area contributed by atoms with Crippen LogP contribution in [0.3, 0.4) is 0 Å². The van der Waals surface area contributed by atoms with E-state index in [0.29, 0.717) is 30.5 Å². The first kappa shape index (κ1) is 17.9. The minimum Gasteiger partial charge on any atom is -0.328 e. The van der Waals surface area contributed by atoms with Crippen LogP contribution in [-0.4, -0.2) is 50.0 Å². The van der Waals surface area contributed by atoms with Crippen LogP contribution < -0.4 is 5.46 Å². The molecule has 0 aliphatic carbocycles. The molecular weight excluding hydrogens is 286 g/mol. The highest BCUT2D eigenvalue weighted by atomic mass is 19.1. The largest absolute Gasteiger partial charge is 0.328 e. The third-order valence-electron chi connectivity index (χ3n) is 3.60. The van der Waals surface area contributed by atoms with E-state index in [1.165, 1.54) is 17.0 Å². The molecule has 0 spiro atoms. The van der Waals surface area contributed by atoms with Crippen LogP contribution in [0.25, 0.3) is 0 Å². The molecule has 1 aliphatic rings. The molecule has 0 saturated heterocycles. The highest BCUT2D eigenvalue weighted by Crippen LogP contribution is 2.26. The quantitative estimate of drug-likeness (QED) is 0.591. The molecule has 0 aromatic heterocycles. The van der Waals surface area contributed by atoms with E-state index >= 15 is 0 Å². The molecule has 1 unspecified atom stereocenters. The second-order valence-corrected chi connectivity index (χ2v) is 5.00. The fourth-order valence-electron chi connectivity index (χ4n) is 2.53. The Balaban J connectivity index is 0.00000116. The summed E-state index contributed by atoms with van der Waals surface area (Å²) in [6.07, 6.45) is 1.89. The Bertz CT molecular complexity index is 568. The summed E-state index contributed by atoms with van der Waals surface area (Å²) in [6, 6.07) is 2.67. The highest BCUT2D eigenvalue weighted by molar-refractivity contribution is 6.32. The van der Waals surface area contributed by atoms with Gasteiger partial charge < -0.3 is 14.6 Å². The van der Waals surface area contributed by atoms with Crippen molar-refractivity contribution in [2.24, 2.45) is 0 Å². The first-order valence-corrected chi connectivity index (χ1v) is 6.84. The van der Waals surface area contributed by atoms with Crippen molar-refractivity contribution in [3.8, 4) is 0 Å². The molecule has 1 atom stereocenters. The van der Waals surface area contributed by atoms with Crippen LogP contribution in [0.4, 0.5) is 4.39 Å². The maximum atomic E-state index is 13.5. The highest BCUT2D eigenvalue weighted by Gasteiger charge is 2.34. The van der Waals surface area contributed by atoms with Crippen molar-refractivity contribution in [3.63, 3.8) is 0 Å². The van der Waals surface area contributed by atoms with Gasteiger partial charge in [-0.3, -0.25) is 9.59 Å². The van der Waals surface area contributed by atoms with Gasteiger partial charge in [-0.1, -0.05) is 24.9 Å². The average Bonchev–Trinajstić information content (AvgIpc) is 2.83. The van der Waals surface area contributed by atoms with E-state index < -0.39 is 5.82 Å². The lowest BCUT2D eigenvalue weighted by Crippen LogP contribution is -2.46. The lowest BCUT2D eigenvalue weighted by atomic mass is 9.92. The van der Waals surface area contributed by atoms with Crippen molar-refractivity contribution in [2.75, 3.05) is 7.05 Å². The molecule has 1 heterocycles. The predicted octanol–water partition coefficient (Wildman–Crippen LogP) is 0.605. The number of hydrogen-bond acceptors (Lipinski definition) is 3. The second-order valence-electron chi connectivity index (χ2n) is 5.00. The maximum Gasteiger partial charge on any atom is 0.256 e. The van der Waals surface area contributed by atoms with Crippen LogP contribution in [0.15, 0.2) is 12.1 Å². The normalized spacial score (nSPS) is 14.0. The molecule has 22 heavy (non-hydrogen) atoms. The van der Waals surface area contributed by atoms with Crippen molar-refractivity contribution in [1.82, 2.24) is 9.80 Å². The number of hydrogen-bond donors (Lipinski definition) is 0. The molecule has 0 fully saturated rings. The number of carbonyl (C=O) groups excluding carboxylic acids is 3. The number of fused-ring (bicyclic) bond motifs is 1. The molecule has 5 nitrogen and oxygen atoms in total. The number of rotatable bonds is 5. The minimum atomic E-state index is -0.588. The average molecular weight is 304 g/mol. The van der Waals surface area contributed by atoms with Gasteiger partial charge in [0.2, 0.25) is 6.41 Å². The van der Waals surface area contributed by atoms with Gasteiger partial charge in [0.1, 0.15) is 26.6 Å². The van der Waals surface area contributed by atoms with E-state index in [0.717, 1.165) is 6.42 Å². The molecule has 0 saturated carbocycles. The number of amides is 2. The van der Waals surface area contributed by atoms with Crippen LogP contribution in [0.5, 0.6) is 0 Å². The van der Waals surface area contributed by atoms with Gasteiger partial charge in [0, 0.05) is 19.2 Å². The van der Waals surface area contributed by atoms with E-state index in [9.17, 15) is 14.0 Å². The second kappa shape index (κ2) is 7.73. The van der Waals surface area contributed by atoms with Crippen LogP contribution in [0, 0.1) is 5.82 Å². The molecule has 0 bridgehead atoms. The maximum absolute atomic E-state index is 13.5. The van der Waals surface area contributed by atoms with Crippen LogP contribution >= 0.6 is 0 Å². The molecule has 116 valence electrons. The smallest absolute Gasteiger partial charge is 0.256 e. The molecule has 1 aliphatic heterocycles. The monoisotopic (exact) mass is 304 g/mol. The third-order valence-corrected chi connectivity index (χ3v) is 3.60. The van der Waals surface area contributed by atoms with Gasteiger partial charge in [-0.05, 0) is 18.1 Å². The van der Waals surface area contributed by atoms with Gasteiger partial charge >= 0.3 is 0 Å². The van der Waals surface area contributed by atoms with Gasteiger partial charge in [0.05, 0.1) is 0 Å². The van der Waals surface area contributed by atoms with E-state index in [2.05, 4.69) is 0 Å². The zero-order valence-corrected chi connectivity index (χ0v) is 12.7. The van der Waals surface area contributed by atoms with E-state index in [-0.39, 0.29) is 17.5 Å². The molecular formula is C15H18BFN2O3. The Kier molecular flexibility index (Phi) is 6.28. The van der Waals surface area contributed by atoms with Crippen molar-refractivity contribution in [2.45, 2.75) is 32.5 Å². The van der Waals surface area contributed by atoms with Crippen molar-refractivity contribution >= 4 is 32.4 Å². The van der Waals surface area contributed by atoms with Crippen molar-refractivity contribution in [3.05, 3.63) is 29.1 Å². The summed E-state index contributed by atoms with van der Waals surface area (Å²) in [6.45, 7) is 4.33. The number of nitrogens with zero attached hydrogens (tertiary/aromatic N) is 2. The summed E-state index contributed by atoms with van der Waals surface area (Å²) in [7, 11) is 7.17. The molecule has 1 aromatic carbocycles. The van der Waals surface area contributed by atoms with Gasteiger partial charge in [0.15, 0.2) is 0 Å². The first-order valence-electron chi connectivity index (χ1n) is 6.84. The molecule has 2 rings (SSSR count). The molecule has 2 amide bonds. The summed E-state index contributed by atoms with van der Waals surface area (Å²) in [4.78, 5) is 34.4. The number of benzene rings is 1. The standard InChI is InChI=1S/C14H16BFN2O2.CH2O/c1-3-4-13(17(2)8-19)18-7-9-5-11(15)12(16)6-10(9)14(18)20;1-2/h5-6,8,13H,3-4,7H2,1-2H3;1H2. The minimum absolute atomic E-state index is 0.0363. The Labute approximate surface area is 130 Å². The zero-order chi connectivity index (χ0) is 16.9. The Hall–Kier alpha value is -2.18. The van der Waals surface area contributed by atoms with Crippen molar-refractivity contribution in [1.29, 1.82) is 0 Å². The summed E-state index contributed by atoms with van der Waals surface area (Å²) >= 11 is 0. The van der Waals surface area contributed by atoms with Gasteiger partial charge in [-0.15, -0.1) is 0 Å². The fraction of sp³-hybridized carbons (Fsp3) is 0.400. The van der Waals surface area contributed by atoms with Crippen molar-refractivity contribution < 1.29 is 18.8 Å². The summed E-state index contributed by atoms with van der Waals surface area (Å²) in [5.74, 6) is -0.846. The topological polar surface area (TPSA) is 57.7 Å². The van der Waals surface area contributed by atoms with Crippen LogP contribution in [-0.2, 0) is 16.1 Å². The van der Waals surface area contributed by atoms with Crippen LogP contribution in [0.1, 0.15) is 35.7 Å². The van der Waals surface area contributed by atoms with E-state index in [1.807, 2.05) is 13.7 Å². The van der Waals surface area contributed by atoms with Gasteiger partial charge in [-0.25, -0.2) is 4.39 Å². The molecule has 7 heteroatoms. The lowest BCUT2D eigenvalue weighted by molar-refractivity contribution is -0.121. The lowest BCUT2D eigenvalue weighted by Gasteiger charge is -2.33. The summed E-state index contributed by atoms with van der Waals surface area (Å²) in [5.41, 5.74) is 1.07. The van der Waals surface area contributed by atoms with Crippen LogP contribution in [0.2, 0.25) is 0 Å². The summed E-state index contributed by atoms with van der Waals surface area (Å²) < 4.78 is 13.5. The summed E-state index contributed by atoms with van der Waals surface area (Å²) in [5, 5.41) is 0. The molecule has 0 N–H and O–H groups in total. The van der Waals surface area contributed by atoms with E-state index in [4.69, 9.17) is 12.6 Å². The Morgan fingerprint density at radius 2 is 2.14 bits per heavy atom.